The van der Waals surface area contributed by atoms with Crippen molar-refractivity contribution in [2.24, 2.45) is 4.99 Å². The topological polar surface area (TPSA) is 41.9 Å². The van der Waals surface area contributed by atoms with Gasteiger partial charge in [0.2, 0.25) is 0 Å². The summed E-state index contributed by atoms with van der Waals surface area (Å²) in [6, 6.07) is 21.6. The van der Waals surface area contributed by atoms with E-state index in [0.717, 1.165) is 31.1 Å². The van der Waals surface area contributed by atoms with Gasteiger partial charge in [-0.05, 0) is 72.8 Å². The van der Waals surface area contributed by atoms with E-state index in [1.54, 1.807) is 35.1 Å². The van der Waals surface area contributed by atoms with Crippen molar-refractivity contribution < 1.29 is 9.53 Å². The van der Waals surface area contributed by atoms with Crippen molar-refractivity contribution in [3.8, 4) is 0 Å². The summed E-state index contributed by atoms with van der Waals surface area (Å²) in [6.07, 6.45) is 2.71. The molecule has 8 heteroatoms. The molecule has 32 heavy (non-hydrogen) atoms. The molecule has 0 spiro atoms. The van der Waals surface area contributed by atoms with E-state index < -0.39 is 0 Å². The van der Waals surface area contributed by atoms with Gasteiger partial charge in [0.15, 0.2) is 5.17 Å². The van der Waals surface area contributed by atoms with Crippen LogP contribution in [0.5, 0.6) is 0 Å². The Hall–Kier alpha value is -2.03. The second kappa shape index (κ2) is 11.2. The molecular weight excluding hydrogens is 480 g/mol. The molecule has 3 aromatic rings. The predicted molar refractivity (Wildman–Crippen MR) is 137 cm³/mol. The molecule has 0 aliphatic carbocycles. The van der Waals surface area contributed by atoms with Gasteiger partial charge in [0.05, 0.1) is 14.8 Å². The summed E-state index contributed by atoms with van der Waals surface area (Å²) in [4.78, 5) is 22.5. The molecule has 1 amide bonds. The molecule has 0 unspecified atom stereocenters. The number of hydrogen-bond donors (Lipinski definition) is 0. The predicted octanol–water partition coefficient (Wildman–Crippen LogP) is 7.19. The molecule has 1 aliphatic heterocycles. The van der Waals surface area contributed by atoms with Gasteiger partial charge in [0.1, 0.15) is 0 Å². The molecule has 1 aliphatic rings. The van der Waals surface area contributed by atoms with Gasteiger partial charge in [-0.2, -0.15) is 0 Å². The van der Waals surface area contributed by atoms with E-state index in [9.17, 15) is 4.79 Å². The van der Waals surface area contributed by atoms with Crippen LogP contribution in [0.1, 0.15) is 11.3 Å². The highest BCUT2D eigenvalue weighted by Gasteiger charge is 2.33. The smallest absolute Gasteiger partial charge is 0.266 e. The maximum atomic E-state index is 13.1. The van der Waals surface area contributed by atoms with E-state index in [4.69, 9.17) is 21.3 Å². The Labute approximate surface area is 205 Å². The van der Waals surface area contributed by atoms with Crippen LogP contribution in [0.15, 0.2) is 85.7 Å². The fraction of sp³-hybridized carbons (Fsp3) is 0.167. The van der Waals surface area contributed by atoms with Gasteiger partial charge in [-0.15, -0.1) is 11.3 Å². The van der Waals surface area contributed by atoms with Crippen LogP contribution in [0.4, 0.5) is 5.69 Å². The van der Waals surface area contributed by atoms with Crippen LogP contribution in [0, 0.1) is 0 Å². The number of benzene rings is 2. The number of thiophene rings is 1. The van der Waals surface area contributed by atoms with Crippen LogP contribution in [-0.2, 0) is 9.53 Å². The molecule has 2 heterocycles. The quantitative estimate of drug-likeness (QED) is 0.242. The zero-order valence-corrected chi connectivity index (χ0v) is 20.6. The van der Waals surface area contributed by atoms with E-state index >= 15 is 0 Å². The lowest BCUT2D eigenvalue weighted by molar-refractivity contribution is -0.122. The third-order valence-electron chi connectivity index (χ3n) is 4.51. The first-order valence-electron chi connectivity index (χ1n) is 10.00. The summed E-state index contributed by atoms with van der Waals surface area (Å²) in [5.41, 5.74) is 0.832. The number of hydrogen-bond acceptors (Lipinski definition) is 6. The standard InChI is InChI=1S/C24H21ClN2O2S3/c1-29-15-5-14-27-23(28)21(32-24(27)26-18-6-3-2-4-7-18)16-20-12-13-22(31-20)30-19-10-8-17(25)9-11-19/h2-4,6-13,16H,5,14-15H2,1H3. The molecule has 4 rings (SSSR count). The Morgan fingerprint density at radius 3 is 2.62 bits per heavy atom. The van der Waals surface area contributed by atoms with Gasteiger partial charge in [0.25, 0.3) is 5.91 Å². The Morgan fingerprint density at radius 1 is 1.09 bits per heavy atom. The van der Waals surface area contributed by atoms with Crippen molar-refractivity contribution in [1.29, 1.82) is 0 Å². The van der Waals surface area contributed by atoms with Crippen LogP contribution in [0.2, 0.25) is 5.02 Å². The fourth-order valence-electron chi connectivity index (χ4n) is 2.98. The minimum atomic E-state index is -0.0129. The lowest BCUT2D eigenvalue weighted by atomic mass is 10.3. The number of ether oxygens (including phenoxy) is 1. The number of para-hydroxylation sites is 1. The lowest BCUT2D eigenvalue weighted by Crippen LogP contribution is -2.30. The summed E-state index contributed by atoms with van der Waals surface area (Å²) in [5, 5.41) is 1.43. The Morgan fingerprint density at radius 2 is 1.88 bits per heavy atom. The molecule has 0 saturated carbocycles. The zero-order chi connectivity index (χ0) is 22.3. The first kappa shape index (κ1) is 23.1. The molecule has 2 aromatic carbocycles. The number of rotatable bonds is 8. The molecule has 1 fully saturated rings. The average Bonchev–Trinajstić information content (AvgIpc) is 3.35. The molecule has 1 saturated heterocycles. The van der Waals surface area contributed by atoms with Crippen molar-refractivity contribution in [1.82, 2.24) is 4.90 Å². The number of aliphatic imine (C=N–C) groups is 1. The Kier molecular flexibility index (Phi) is 8.10. The first-order chi connectivity index (χ1) is 15.6. The van der Waals surface area contributed by atoms with Crippen LogP contribution in [0.3, 0.4) is 0 Å². The second-order valence-electron chi connectivity index (χ2n) is 6.86. The zero-order valence-electron chi connectivity index (χ0n) is 17.4. The minimum absolute atomic E-state index is 0.0129. The van der Waals surface area contributed by atoms with Crippen LogP contribution in [0.25, 0.3) is 6.08 Å². The highest BCUT2D eigenvalue weighted by Crippen LogP contribution is 2.38. The van der Waals surface area contributed by atoms with Crippen molar-refractivity contribution in [2.45, 2.75) is 15.5 Å². The van der Waals surface area contributed by atoms with Crippen molar-refractivity contribution in [2.75, 3.05) is 20.3 Å². The van der Waals surface area contributed by atoms with Gasteiger partial charge < -0.3 is 4.74 Å². The number of amides is 1. The summed E-state index contributed by atoms with van der Waals surface area (Å²) < 4.78 is 6.32. The van der Waals surface area contributed by atoms with Gasteiger partial charge in [-0.1, -0.05) is 41.6 Å². The summed E-state index contributed by atoms with van der Waals surface area (Å²) in [6.45, 7) is 1.17. The molecule has 1 aromatic heterocycles. The van der Waals surface area contributed by atoms with E-state index in [2.05, 4.69) is 6.07 Å². The third-order valence-corrected chi connectivity index (χ3v) is 7.94. The van der Waals surface area contributed by atoms with Gasteiger partial charge in [-0.25, -0.2) is 4.99 Å². The number of amidine groups is 1. The van der Waals surface area contributed by atoms with Gasteiger partial charge >= 0.3 is 0 Å². The molecular formula is C24H21ClN2O2S3. The molecule has 4 nitrogen and oxygen atoms in total. The number of halogens is 1. The number of methoxy groups -OCH3 is 1. The number of carbonyl (C=O) groups excluding carboxylic acids is 1. The summed E-state index contributed by atoms with van der Waals surface area (Å²) >= 11 is 10.7. The van der Waals surface area contributed by atoms with Gasteiger partial charge in [0, 0.05) is 35.1 Å². The van der Waals surface area contributed by atoms with Gasteiger partial charge in [-0.3, -0.25) is 9.69 Å². The van der Waals surface area contributed by atoms with E-state index in [1.807, 2.05) is 66.7 Å². The molecule has 0 atom stereocenters. The largest absolute Gasteiger partial charge is 0.385 e. The highest BCUT2D eigenvalue weighted by molar-refractivity contribution is 8.18. The Bertz CT molecular complexity index is 1130. The maximum absolute atomic E-state index is 13.1. The van der Waals surface area contributed by atoms with E-state index in [-0.39, 0.29) is 5.91 Å². The monoisotopic (exact) mass is 500 g/mol. The number of carbonyl (C=O) groups is 1. The molecule has 164 valence electrons. The highest BCUT2D eigenvalue weighted by atomic mass is 35.5. The Balaban J connectivity index is 1.53. The average molecular weight is 501 g/mol. The van der Waals surface area contributed by atoms with Crippen LogP contribution in [-0.4, -0.2) is 36.2 Å². The van der Waals surface area contributed by atoms with Crippen molar-refractivity contribution in [3.63, 3.8) is 0 Å². The summed E-state index contributed by atoms with van der Waals surface area (Å²) in [5.74, 6) is -0.0129. The fourth-order valence-corrected chi connectivity index (χ4v) is 6.27. The number of thioether (sulfide) groups is 1. The van der Waals surface area contributed by atoms with Crippen molar-refractivity contribution >= 4 is 69.3 Å². The second-order valence-corrected chi connectivity index (χ2v) is 10.8. The SMILES string of the molecule is COCCCN1C(=O)C(=Cc2ccc(Sc3ccc(Cl)cc3)s2)SC1=Nc1ccccc1. The van der Waals surface area contributed by atoms with Crippen molar-refractivity contribution in [3.05, 3.63) is 81.5 Å². The molecule has 0 bridgehead atoms. The maximum Gasteiger partial charge on any atom is 0.266 e. The minimum Gasteiger partial charge on any atom is -0.385 e. The first-order valence-corrected chi connectivity index (χ1v) is 12.8. The number of nitrogens with zero attached hydrogens (tertiary/aromatic N) is 2. The summed E-state index contributed by atoms with van der Waals surface area (Å²) in [7, 11) is 1.67. The third kappa shape index (κ3) is 6.05. The van der Waals surface area contributed by atoms with E-state index in [1.165, 1.54) is 11.8 Å². The lowest BCUT2D eigenvalue weighted by Gasteiger charge is -2.15. The van der Waals surface area contributed by atoms with Crippen LogP contribution < -0.4 is 0 Å². The molecule has 0 N–H and O–H groups in total. The normalized spacial score (nSPS) is 16.4. The van der Waals surface area contributed by atoms with Crippen LogP contribution >= 0.6 is 46.5 Å². The van der Waals surface area contributed by atoms with E-state index in [0.29, 0.717) is 23.2 Å². The molecule has 0 radical (unpaired) electrons.